The third-order valence-corrected chi connectivity index (χ3v) is 3.22. The van der Waals surface area contributed by atoms with Crippen LogP contribution in [0.25, 0.3) is 0 Å². The summed E-state index contributed by atoms with van der Waals surface area (Å²) in [5.74, 6) is 0.341. The van der Waals surface area contributed by atoms with Crippen molar-refractivity contribution in [3.8, 4) is 0 Å². The van der Waals surface area contributed by atoms with Crippen molar-refractivity contribution in [2.75, 3.05) is 0 Å². The van der Waals surface area contributed by atoms with Gasteiger partial charge in [0.1, 0.15) is 0 Å². The van der Waals surface area contributed by atoms with Crippen molar-refractivity contribution < 1.29 is 0 Å². The Morgan fingerprint density at radius 1 is 1.47 bits per heavy atom. The molecule has 0 saturated carbocycles. The maximum absolute atomic E-state index is 11.7. The average Bonchev–Trinajstić information content (AvgIpc) is 2.21. The molecule has 0 aliphatic carbocycles. The molecule has 4 nitrogen and oxygen atoms in total. The average molecular weight is 322 g/mol. The fourth-order valence-corrected chi connectivity index (χ4v) is 2.00. The Labute approximate surface area is 102 Å². The minimum atomic E-state index is -0.235. The van der Waals surface area contributed by atoms with E-state index in [2.05, 4.69) is 0 Å². The second kappa shape index (κ2) is 4.96. The lowest BCUT2D eigenvalue weighted by Crippen LogP contribution is -2.41. The fourth-order valence-electron chi connectivity index (χ4n) is 1.29. The highest BCUT2D eigenvalue weighted by Gasteiger charge is 2.09. The van der Waals surface area contributed by atoms with Crippen LogP contribution in [0.2, 0.25) is 0 Å². The summed E-state index contributed by atoms with van der Waals surface area (Å²) in [6.45, 7) is 4.58. The van der Waals surface area contributed by atoms with Gasteiger partial charge in [0.15, 0.2) is 0 Å². The van der Waals surface area contributed by atoms with E-state index in [1.54, 1.807) is 13.2 Å². The first-order valence-electron chi connectivity index (χ1n) is 4.93. The number of hydrogen-bond donors (Lipinski definition) is 0. The Morgan fingerprint density at radius 3 is 2.60 bits per heavy atom. The Bertz CT molecular complexity index is 427. The van der Waals surface area contributed by atoms with Crippen LogP contribution in [-0.4, -0.2) is 9.13 Å². The van der Waals surface area contributed by atoms with Gasteiger partial charge in [-0.1, -0.05) is 20.3 Å². The maximum Gasteiger partial charge on any atom is 0.330 e. The number of aryl methyl sites for hydroxylation is 1. The van der Waals surface area contributed by atoms with Crippen molar-refractivity contribution in [2.24, 2.45) is 13.0 Å². The van der Waals surface area contributed by atoms with E-state index in [1.807, 2.05) is 36.4 Å². The van der Waals surface area contributed by atoms with E-state index in [-0.39, 0.29) is 11.2 Å². The zero-order valence-corrected chi connectivity index (χ0v) is 11.3. The van der Waals surface area contributed by atoms with Crippen molar-refractivity contribution >= 4 is 22.6 Å². The maximum atomic E-state index is 11.7. The van der Waals surface area contributed by atoms with Crippen LogP contribution in [0.1, 0.15) is 20.3 Å². The van der Waals surface area contributed by atoms with Crippen LogP contribution in [0.15, 0.2) is 15.8 Å². The molecule has 0 spiro atoms. The Balaban J connectivity index is 3.28. The molecule has 1 unspecified atom stereocenters. The molecule has 0 aromatic carbocycles. The molecular formula is C10H15IN2O2. The lowest BCUT2D eigenvalue weighted by molar-refractivity contribution is 0.436. The highest BCUT2D eigenvalue weighted by molar-refractivity contribution is 14.1. The first-order valence-corrected chi connectivity index (χ1v) is 6.01. The standard InChI is InChI=1S/C10H15IN2O2/c1-4-7(2)5-13-9(14)8(11)6-12(3)10(13)15/h6-7H,4-5H2,1-3H3. The van der Waals surface area contributed by atoms with Crippen molar-refractivity contribution in [1.29, 1.82) is 0 Å². The van der Waals surface area contributed by atoms with Gasteiger partial charge in [-0.2, -0.15) is 0 Å². The normalized spacial score (nSPS) is 12.8. The van der Waals surface area contributed by atoms with Crippen molar-refractivity contribution in [2.45, 2.75) is 26.8 Å². The zero-order chi connectivity index (χ0) is 11.6. The SMILES string of the molecule is CCC(C)Cn1c(=O)c(I)cn(C)c1=O. The predicted octanol–water partition coefficient (Wildman–Crippen LogP) is 1.20. The fraction of sp³-hybridized carbons (Fsp3) is 0.600. The van der Waals surface area contributed by atoms with Gasteiger partial charge in [-0.15, -0.1) is 0 Å². The molecule has 0 bridgehead atoms. The van der Waals surface area contributed by atoms with Gasteiger partial charge in [-0.05, 0) is 28.5 Å². The molecule has 0 aliphatic rings. The topological polar surface area (TPSA) is 44.0 Å². The minimum absolute atomic E-state index is 0.181. The molecule has 0 saturated heterocycles. The minimum Gasteiger partial charge on any atom is -0.302 e. The summed E-state index contributed by atoms with van der Waals surface area (Å²) in [6, 6.07) is 0. The second-order valence-corrected chi connectivity index (χ2v) is 4.96. The van der Waals surface area contributed by atoms with Crippen molar-refractivity contribution in [3.05, 3.63) is 30.6 Å². The first kappa shape index (κ1) is 12.5. The van der Waals surface area contributed by atoms with Gasteiger partial charge in [-0.25, -0.2) is 4.79 Å². The molecular weight excluding hydrogens is 307 g/mol. The number of halogens is 1. The lowest BCUT2D eigenvalue weighted by Gasteiger charge is -2.11. The Hall–Kier alpha value is -0.590. The number of nitrogens with zero attached hydrogens (tertiary/aromatic N) is 2. The molecule has 1 rings (SSSR count). The van der Waals surface area contributed by atoms with Gasteiger partial charge < -0.3 is 4.57 Å². The quantitative estimate of drug-likeness (QED) is 0.785. The van der Waals surface area contributed by atoms with Gasteiger partial charge in [0, 0.05) is 19.8 Å². The summed E-state index contributed by atoms with van der Waals surface area (Å²) in [5.41, 5.74) is -0.417. The van der Waals surface area contributed by atoms with Crippen LogP contribution in [0.4, 0.5) is 0 Å². The molecule has 1 atom stereocenters. The number of rotatable bonds is 3. The van der Waals surface area contributed by atoms with Crippen LogP contribution < -0.4 is 11.2 Å². The summed E-state index contributed by atoms with van der Waals surface area (Å²) in [4.78, 5) is 23.5. The lowest BCUT2D eigenvalue weighted by atomic mass is 10.1. The van der Waals surface area contributed by atoms with E-state index in [9.17, 15) is 9.59 Å². The molecule has 0 radical (unpaired) electrons. The van der Waals surface area contributed by atoms with E-state index in [4.69, 9.17) is 0 Å². The smallest absolute Gasteiger partial charge is 0.302 e. The highest BCUT2D eigenvalue weighted by Crippen LogP contribution is 2.02. The Morgan fingerprint density at radius 2 is 2.07 bits per heavy atom. The predicted molar refractivity (Wildman–Crippen MR) is 68.1 cm³/mol. The summed E-state index contributed by atoms with van der Waals surface area (Å²) < 4.78 is 3.35. The van der Waals surface area contributed by atoms with Gasteiger partial charge in [0.2, 0.25) is 0 Å². The zero-order valence-electron chi connectivity index (χ0n) is 9.16. The van der Waals surface area contributed by atoms with E-state index in [0.29, 0.717) is 16.0 Å². The molecule has 1 aromatic rings. The number of hydrogen-bond acceptors (Lipinski definition) is 2. The largest absolute Gasteiger partial charge is 0.330 e. The molecule has 0 aliphatic heterocycles. The van der Waals surface area contributed by atoms with Crippen molar-refractivity contribution in [1.82, 2.24) is 9.13 Å². The second-order valence-electron chi connectivity index (χ2n) is 3.80. The molecule has 0 fully saturated rings. The van der Waals surface area contributed by atoms with Gasteiger partial charge in [-0.3, -0.25) is 9.36 Å². The van der Waals surface area contributed by atoms with Crippen LogP contribution in [0, 0.1) is 9.49 Å². The summed E-state index contributed by atoms with van der Waals surface area (Å²) in [6.07, 6.45) is 2.53. The molecule has 15 heavy (non-hydrogen) atoms. The first-order chi connectivity index (χ1) is 6.97. The molecule has 0 amide bonds. The molecule has 84 valence electrons. The highest BCUT2D eigenvalue weighted by atomic mass is 127. The van der Waals surface area contributed by atoms with E-state index in [1.165, 1.54) is 9.13 Å². The number of aromatic nitrogens is 2. The summed E-state index contributed by atoms with van der Waals surface area (Å²) >= 11 is 1.96. The van der Waals surface area contributed by atoms with Gasteiger partial charge >= 0.3 is 5.69 Å². The Kier molecular flexibility index (Phi) is 4.12. The van der Waals surface area contributed by atoms with E-state index >= 15 is 0 Å². The monoisotopic (exact) mass is 322 g/mol. The third-order valence-electron chi connectivity index (χ3n) is 2.48. The van der Waals surface area contributed by atoms with Gasteiger partial charge in [0.05, 0.1) is 3.57 Å². The van der Waals surface area contributed by atoms with E-state index < -0.39 is 0 Å². The summed E-state index contributed by atoms with van der Waals surface area (Å²) in [5, 5.41) is 0. The van der Waals surface area contributed by atoms with Crippen molar-refractivity contribution in [3.63, 3.8) is 0 Å². The molecule has 1 aromatic heterocycles. The third kappa shape index (κ3) is 2.70. The molecule has 5 heteroatoms. The van der Waals surface area contributed by atoms with Gasteiger partial charge in [0.25, 0.3) is 5.56 Å². The van der Waals surface area contributed by atoms with Crippen LogP contribution in [0.3, 0.4) is 0 Å². The molecule has 1 heterocycles. The van der Waals surface area contributed by atoms with Crippen LogP contribution in [0.5, 0.6) is 0 Å². The van der Waals surface area contributed by atoms with E-state index in [0.717, 1.165) is 6.42 Å². The van der Waals surface area contributed by atoms with Crippen LogP contribution in [-0.2, 0) is 13.6 Å². The summed E-state index contributed by atoms with van der Waals surface area (Å²) in [7, 11) is 1.66. The van der Waals surface area contributed by atoms with Crippen LogP contribution >= 0.6 is 22.6 Å². The molecule has 0 N–H and O–H groups in total.